The summed E-state index contributed by atoms with van der Waals surface area (Å²) in [6.07, 6.45) is 2.64. The summed E-state index contributed by atoms with van der Waals surface area (Å²) >= 11 is 0. The molecule has 0 N–H and O–H groups in total. The molecule has 0 amide bonds. The fraction of sp³-hybridized carbons (Fsp3) is 0.200. The molecule has 2 nitrogen and oxygen atoms in total. The van der Waals surface area contributed by atoms with Crippen LogP contribution in [0.2, 0.25) is 0 Å². The van der Waals surface area contributed by atoms with E-state index in [1.54, 1.807) is 12.3 Å². The third-order valence-electron chi connectivity index (χ3n) is 2.85. The van der Waals surface area contributed by atoms with Crippen LogP contribution in [0.15, 0.2) is 42.6 Å². The number of pyridine rings is 1. The van der Waals surface area contributed by atoms with Gasteiger partial charge in [0.2, 0.25) is 0 Å². The van der Waals surface area contributed by atoms with Gasteiger partial charge in [0, 0.05) is 23.0 Å². The Balaban J connectivity index is 2.40. The molecule has 17 heavy (non-hydrogen) atoms. The summed E-state index contributed by atoms with van der Waals surface area (Å²) in [6.45, 7) is 3.94. The number of carbonyl (C=O) groups is 1. The highest BCUT2D eigenvalue weighted by Crippen LogP contribution is 2.13. The minimum Gasteiger partial charge on any atom is -0.289 e. The van der Waals surface area contributed by atoms with Crippen LogP contribution in [-0.4, -0.2) is 10.8 Å². The van der Waals surface area contributed by atoms with Crippen molar-refractivity contribution in [2.24, 2.45) is 0 Å². The molecule has 2 rings (SSSR count). The van der Waals surface area contributed by atoms with E-state index < -0.39 is 0 Å². The van der Waals surface area contributed by atoms with Crippen LogP contribution in [0.1, 0.15) is 34.1 Å². The van der Waals surface area contributed by atoms with Gasteiger partial charge in [0.1, 0.15) is 0 Å². The maximum atomic E-state index is 12.3. The third-order valence-corrected chi connectivity index (χ3v) is 2.85. The van der Waals surface area contributed by atoms with Gasteiger partial charge in [-0.3, -0.25) is 9.78 Å². The molecule has 86 valence electrons. The van der Waals surface area contributed by atoms with E-state index in [4.69, 9.17) is 0 Å². The van der Waals surface area contributed by atoms with E-state index >= 15 is 0 Å². The lowest BCUT2D eigenvalue weighted by Gasteiger charge is -2.05. The number of carbonyl (C=O) groups excluding carboxylic acids is 1. The summed E-state index contributed by atoms with van der Waals surface area (Å²) in [6, 6.07) is 11.4. The van der Waals surface area contributed by atoms with Crippen LogP contribution in [0.3, 0.4) is 0 Å². The van der Waals surface area contributed by atoms with Crippen LogP contribution in [0, 0.1) is 6.92 Å². The predicted molar refractivity (Wildman–Crippen MR) is 68.2 cm³/mol. The first-order chi connectivity index (χ1) is 8.22. The summed E-state index contributed by atoms with van der Waals surface area (Å²) in [7, 11) is 0. The van der Waals surface area contributed by atoms with Gasteiger partial charge in [0.15, 0.2) is 5.78 Å². The maximum absolute atomic E-state index is 12.3. The van der Waals surface area contributed by atoms with Crippen molar-refractivity contribution in [1.82, 2.24) is 4.98 Å². The first-order valence-corrected chi connectivity index (χ1v) is 5.77. The molecule has 0 radical (unpaired) electrons. The Hall–Kier alpha value is -1.96. The third kappa shape index (κ3) is 2.41. The monoisotopic (exact) mass is 225 g/mol. The van der Waals surface area contributed by atoms with Gasteiger partial charge in [0.25, 0.3) is 0 Å². The molecule has 1 heterocycles. The van der Waals surface area contributed by atoms with Crippen molar-refractivity contribution < 1.29 is 4.79 Å². The molecule has 1 aromatic carbocycles. The molecule has 0 bridgehead atoms. The number of hydrogen-bond acceptors (Lipinski definition) is 2. The molecule has 0 saturated carbocycles. The summed E-state index contributed by atoms with van der Waals surface area (Å²) in [5.74, 6) is 0.0471. The Morgan fingerprint density at radius 1 is 1.24 bits per heavy atom. The van der Waals surface area contributed by atoms with E-state index in [0.29, 0.717) is 5.56 Å². The molecular weight excluding hydrogens is 210 g/mol. The zero-order valence-electron chi connectivity index (χ0n) is 10.1. The van der Waals surface area contributed by atoms with Crippen LogP contribution < -0.4 is 0 Å². The van der Waals surface area contributed by atoms with Crippen molar-refractivity contribution in [3.8, 4) is 0 Å². The highest BCUT2D eigenvalue weighted by atomic mass is 16.1. The van der Waals surface area contributed by atoms with Crippen LogP contribution in [0.5, 0.6) is 0 Å². The topological polar surface area (TPSA) is 30.0 Å². The molecular formula is C15H15NO. The Morgan fingerprint density at radius 3 is 2.76 bits per heavy atom. The first kappa shape index (κ1) is 11.5. The molecule has 0 aliphatic heterocycles. The van der Waals surface area contributed by atoms with E-state index in [1.807, 2.05) is 37.3 Å². The summed E-state index contributed by atoms with van der Waals surface area (Å²) in [4.78, 5) is 16.4. The van der Waals surface area contributed by atoms with Crippen LogP contribution in [0.25, 0.3) is 0 Å². The lowest BCUT2D eigenvalue weighted by molar-refractivity contribution is 0.103. The van der Waals surface area contributed by atoms with Crippen molar-refractivity contribution in [2.75, 3.05) is 0 Å². The Labute approximate surface area is 101 Å². The molecule has 0 fully saturated rings. The molecule has 0 aliphatic rings. The van der Waals surface area contributed by atoms with Gasteiger partial charge in [-0.25, -0.2) is 0 Å². The minimum atomic E-state index is 0.0471. The zero-order valence-corrected chi connectivity index (χ0v) is 10.1. The largest absolute Gasteiger partial charge is 0.289 e. The van der Waals surface area contributed by atoms with Gasteiger partial charge in [-0.15, -0.1) is 0 Å². The second-order valence-electron chi connectivity index (χ2n) is 4.02. The predicted octanol–water partition coefficient (Wildman–Crippen LogP) is 3.18. The minimum absolute atomic E-state index is 0.0471. The van der Waals surface area contributed by atoms with Crippen LogP contribution in [-0.2, 0) is 6.42 Å². The number of ketones is 1. The number of aromatic nitrogens is 1. The number of aryl methyl sites for hydroxylation is 2. The summed E-state index contributed by atoms with van der Waals surface area (Å²) in [5, 5.41) is 0. The summed E-state index contributed by atoms with van der Waals surface area (Å²) in [5.41, 5.74) is 3.37. The van der Waals surface area contributed by atoms with Crippen LogP contribution >= 0.6 is 0 Å². The van der Waals surface area contributed by atoms with Gasteiger partial charge in [0.05, 0.1) is 0 Å². The van der Waals surface area contributed by atoms with Gasteiger partial charge in [-0.05, 0) is 37.1 Å². The van der Waals surface area contributed by atoms with Crippen molar-refractivity contribution >= 4 is 5.78 Å². The normalized spacial score (nSPS) is 10.2. The van der Waals surface area contributed by atoms with Gasteiger partial charge >= 0.3 is 0 Å². The van der Waals surface area contributed by atoms with E-state index in [1.165, 1.54) is 5.56 Å². The standard InChI is InChI=1S/C15H15NO/c1-3-12-6-4-7-13(10-12)15(17)14-8-5-9-16-11(14)2/h4-10H,3H2,1-2H3. The maximum Gasteiger partial charge on any atom is 0.194 e. The van der Waals surface area contributed by atoms with Crippen molar-refractivity contribution in [2.45, 2.75) is 20.3 Å². The molecule has 0 spiro atoms. The van der Waals surface area contributed by atoms with Crippen molar-refractivity contribution in [3.63, 3.8) is 0 Å². The molecule has 0 atom stereocenters. The second kappa shape index (κ2) is 4.91. The van der Waals surface area contributed by atoms with Gasteiger partial charge in [-0.2, -0.15) is 0 Å². The molecule has 0 unspecified atom stereocenters. The fourth-order valence-corrected chi connectivity index (χ4v) is 1.81. The number of rotatable bonds is 3. The van der Waals surface area contributed by atoms with E-state index in [9.17, 15) is 4.79 Å². The lowest BCUT2D eigenvalue weighted by atomic mass is 10.00. The van der Waals surface area contributed by atoms with Crippen molar-refractivity contribution in [3.05, 3.63) is 65.0 Å². The number of hydrogen-bond donors (Lipinski definition) is 0. The highest BCUT2D eigenvalue weighted by molar-refractivity contribution is 6.09. The lowest BCUT2D eigenvalue weighted by Crippen LogP contribution is -2.05. The van der Waals surface area contributed by atoms with E-state index in [-0.39, 0.29) is 5.78 Å². The molecule has 2 aromatic rings. The first-order valence-electron chi connectivity index (χ1n) is 5.77. The Morgan fingerprint density at radius 2 is 2.06 bits per heavy atom. The SMILES string of the molecule is CCc1cccc(C(=O)c2cccnc2C)c1. The quantitative estimate of drug-likeness (QED) is 0.751. The Bertz CT molecular complexity index is 546. The van der Waals surface area contributed by atoms with Crippen LogP contribution in [0.4, 0.5) is 0 Å². The average Bonchev–Trinajstić information content (AvgIpc) is 2.38. The van der Waals surface area contributed by atoms with Crippen molar-refractivity contribution in [1.29, 1.82) is 0 Å². The average molecular weight is 225 g/mol. The highest BCUT2D eigenvalue weighted by Gasteiger charge is 2.11. The number of nitrogens with zero attached hydrogens (tertiary/aromatic N) is 1. The fourth-order valence-electron chi connectivity index (χ4n) is 1.81. The van der Waals surface area contributed by atoms with E-state index in [0.717, 1.165) is 17.7 Å². The van der Waals surface area contributed by atoms with Gasteiger partial charge < -0.3 is 0 Å². The molecule has 0 saturated heterocycles. The molecule has 2 heteroatoms. The smallest absolute Gasteiger partial charge is 0.194 e. The second-order valence-corrected chi connectivity index (χ2v) is 4.02. The number of benzene rings is 1. The molecule has 0 aliphatic carbocycles. The zero-order chi connectivity index (χ0) is 12.3. The Kier molecular flexibility index (Phi) is 3.33. The van der Waals surface area contributed by atoms with Gasteiger partial charge in [-0.1, -0.05) is 25.1 Å². The summed E-state index contributed by atoms with van der Waals surface area (Å²) < 4.78 is 0. The molecule has 1 aromatic heterocycles. The van der Waals surface area contributed by atoms with E-state index in [2.05, 4.69) is 11.9 Å².